The standard InChI is InChI=1S/C15H11BrN2O2S/c16-12-6-2-1-4-10(12)9-18-14(19)13(21-15(18)20)8-11-5-3-7-17-11/h1-8,17H,9H2/b13-8-. The number of carbonyl (C=O) groups is 2. The van der Waals surface area contributed by atoms with Crippen molar-refractivity contribution < 1.29 is 9.59 Å². The number of nitrogens with zero attached hydrogens (tertiary/aromatic N) is 1. The topological polar surface area (TPSA) is 53.2 Å². The first-order chi connectivity index (χ1) is 10.1. The number of aromatic amines is 1. The van der Waals surface area contributed by atoms with Crippen LogP contribution >= 0.6 is 27.7 Å². The molecule has 0 radical (unpaired) electrons. The maximum Gasteiger partial charge on any atom is 0.293 e. The fourth-order valence-electron chi connectivity index (χ4n) is 2.01. The molecular weight excluding hydrogens is 352 g/mol. The lowest BCUT2D eigenvalue weighted by molar-refractivity contribution is -0.123. The average Bonchev–Trinajstić information content (AvgIpc) is 3.05. The fraction of sp³-hybridized carbons (Fsp3) is 0.0667. The van der Waals surface area contributed by atoms with Gasteiger partial charge in [0.2, 0.25) is 0 Å². The van der Waals surface area contributed by atoms with E-state index in [9.17, 15) is 9.59 Å². The summed E-state index contributed by atoms with van der Waals surface area (Å²) >= 11 is 4.40. The van der Waals surface area contributed by atoms with Crippen LogP contribution in [0.2, 0.25) is 0 Å². The van der Waals surface area contributed by atoms with Crippen LogP contribution in [-0.4, -0.2) is 21.0 Å². The third kappa shape index (κ3) is 2.96. The fourth-order valence-corrected chi connectivity index (χ4v) is 3.25. The Kier molecular flexibility index (Phi) is 3.98. The van der Waals surface area contributed by atoms with Crippen LogP contribution in [0.4, 0.5) is 4.79 Å². The van der Waals surface area contributed by atoms with Crippen molar-refractivity contribution in [2.45, 2.75) is 6.54 Å². The summed E-state index contributed by atoms with van der Waals surface area (Å²) in [5, 5.41) is -0.242. The van der Waals surface area contributed by atoms with Gasteiger partial charge in [-0.25, -0.2) is 0 Å². The van der Waals surface area contributed by atoms with Gasteiger partial charge in [-0.05, 0) is 41.6 Å². The van der Waals surface area contributed by atoms with E-state index in [4.69, 9.17) is 0 Å². The molecule has 1 aromatic heterocycles. The van der Waals surface area contributed by atoms with Crippen LogP contribution in [0.5, 0.6) is 0 Å². The van der Waals surface area contributed by atoms with Crippen LogP contribution in [-0.2, 0) is 11.3 Å². The summed E-state index contributed by atoms with van der Waals surface area (Å²) in [6.07, 6.45) is 3.47. The molecule has 4 nitrogen and oxygen atoms in total. The van der Waals surface area contributed by atoms with Crippen LogP contribution < -0.4 is 0 Å². The summed E-state index contributed by atoms with van der Waals surface area (Å²) in [6.45, 7) is 0.272. The Hall–Kier alpha value is -1.79. The minimum atomic E-state index is -0.254. The minimum absolute atomic E-state index is 0.242. The van der Waals surface area contributed by atoms with Gasteiger partial charge in [0.1, 0.15) is 0 Å². The highest BCUT2D eigenvalue weighted by Gasteiger charge is 2.35. The highest BCUT2D eigenvalue weighted by Crippen LogP contribution is 2.33. The van der Waals surface area contributed by atoms with Gasteiger partial charge in [0.25, 0.3) is 11.1 Å². The molecular formula is C15H11BrN2O2S. The smallest absolute Gasteiger partial charge is 0.293 e. The lowest BCUT2D eigenvalue weighted by Gasteiger charge is -2.13. The molecule has 1 aliphatic heterocycles. The van der Waals surface area contributed by atoms with Crippen LogP contribution in [0.25, 0.3) is 6.08 Å². The van der Waals surface area contributed by atoms with Crippen molar-refractivity contribution in [2.75, 3.05) is 0 Å². The second-order valence-electron chi connectivity index (χ2n) is 4.48. The van der Waals surface area contributed by atoms with Crippen molar-refractivity contribution in [3.8, 4) is 0 Å². The predicted octanol–water partition coefficient (Wildman–Crippen LogP) is 4.01. The van der Waals surface area contributed by atoms with E-state index < -0.39 is 0 Å². The Balaban J connectivity index is 1.83. The summed E-state index contributed by atoms with van der Waals surface area (Å²) in [5.74, 6) is -0.254. The maximum atomic E-state index is 12.3. The second-order valence-corrected chi connectivity index (χ2v) is 6.33. The first-order valence-electron chi connectivity index (χ1n) is 6.27. The molecule has 0 spiro atoms. The molecule has 1 saturated heterocycles. The van der Waals surface area contributed by atoms with Gasteiger partial charge in [-0.15, -0.1) is 0 Å². The van der Waals surface area contributed by atoms with Gasteiger partial charge in [0.05, 0.1) is 11.4 Å². The number of carbonyl (C=O) groups excluding carboxylic acids is 2. The largest absolute Gasteiger partial charge is 0.362 e. The Labute approximate surface area is 134 Å². The number of imide groups is 1. The Bertz CT molecular complexity index is 725. The zero-order valence-corrected chi connectivity index (χ0v) is 13.3. The molecule has 2 heterocycles. The number of hydrogen-bond donors (Lipinski definition) is 1. The Morgan fingerprint density at radius 3 is 2.71 bits per heavy atom. The Morgan fingerprint density at radius 2 is 2.00 bits per heavy atom. The molecule has 1 aliphatic rings. The zero-order chi connectivity index (χ0) is 14.8. The van der Waals surface area contributed by atoms with Crippen molar-refractivity contribution in [1.82, 2.24) is 9.88 Å². The van der Waals surface area contributed by atoms with E-state index in [2.05, 4.69) is 20.9 Å². The number of rotatable bonds is 3. The highest BCUT2D eigenvalue weighted by molar-refractivity contribution is 9.10. The van der Waals surface area contributed by atoms with Crippen molar-refractivity contribution in [2.24, 2.45) is 0 Å². The van der Waals surface area contributed by atoms with Crippen molar-refractivity contribution in [3.05, 3.63) is 63.2 Å². The van der Waals surface area contributed by atoms with Crippen LogP contribution in [0.1, 0.15) is 11.3 Å². The van der Waals surface area contributed by atoms with E-state index in [-0.39, 0.29) is 17.7 Å². The third-order valence-corrected chi connectivity index (χ3v) is 4.75. The highest BCUT2D eigenvalue weighted by atomic mass is 79.9. The predicted molar refractivity (Wildman–Crippen MR) is 86.4 cm³/mol. The summed E-state index contributed by atoms with van der Waals surface area (Å²) in [7, 11) is 0. The lowest BCUT2D eigenvalue weighted by atomic mass is 10.2. The van der Waals surface area contributed by atoms with Gasteiger partial charge in [0.15, 0.2) is 0 Å². The van der Waals surface area contributed by atoms with E-state index in [0.717, 1.165) is 27.5 Å². The Morgan fingerprint density at radius 1 is 1.19 bits per heavy atom. The molecule has 1 fully saturated rings. The van der Waals surface area contributed by atoms with Gasteiger partial charge in [-0.3, -0.25) is 14.5 Å². The molecule has 1 aromatic carbocycles. The second kappa shape index (κ2) is 5.91. The molecule has 3 rings (SSSR count). The summed E-state index contributed by atoms with van der Waals surface area (Å²) < 4.78 is 0.886. The van der Waals surface area contributed by atoms with Gasteiger partial charge in [-0.1, -0.05) is 34.1 Å². The number of nitrogens with one attached hydrogen (secondary N) is 1. The molecule has 0 aliphatic carbocycles. The first kappa shape index (κ1) is 14.2. The number of thioether (sulfide) groups is 1. The van der Waals surface area contributed by atoms with Gasteiger partial charge < -0.3 is 4.98 Å². The molecule has 2 aromatic rings. The number of halogens is 1. The summed E-state index contributed by atoms with van der Waals surface area (Å²) in [6, 6.07) is 11.3. The number of aromatic nitrogens is 1. The van der Waals surface area contributed by atoms with Crippen LogP contribution in [0.3, 0.4) is 0 Å². The van der Waals surface area contributed by atoms with E-state index >= 15 is 0 Å². The number of benzene rings is 1. The van der Waals surface area contributed by atoms with E-state index in [1.165, 1.54) is 4.90 Å². The molecule has 0 saturated carbocycles. The molecule has 6 heteroatoms. The molecule has 106 valence electrons. The van der Waals surface area contributed by atoms with E-state index in [1.54, 1.807) is 12.3 Å². The van der Waals surface area contributed by atoms with E-state index in [1.807, 2.05) is 36.4 Å². The van der Waals surface area contributed by atoms with Crippen molar-refractivity contribution in [1.29, 1.82) is 0 Å². The average molecular weight is 363 g/mol. The quantitative estimate of drug-likeness (QED) is 0.839. The van der Waals surface area contributed by atoms with Crippen LogP contribution in [0, 0.1) is 0 Å². The lowest BCUT2D eigenvalue weighted by Crippen LogP contribution is -2.27. The monoisotopic (exact) mass is 362 g/mol. The SMILES string of the molecule is O=C1S/C(=C\c2ccc[nH]2)C(=O)N1Cc1ccccc1Br. The normalized spacial score (nSPS) is 17.0. The molecule has 0 bridgehead atoms. The summed E-state index contributed by atoms with van der Waals surface area (Å²) in [5.41, 5.74) is 1.71. The van der Waals surface area contributed by atoms with Crippen molar-refractivity contribution in [3.63, 3.8) is 0 Å². The van der Waals surface area contributed by atoms with E-state index in [0.29, 0.717) is 4.91 Å². The van der Waals surface area contributed by atoms with Gasteiger partial charge in [-0.2, -0.15) is 0 Å². The minimum Gasteiger partial charge on any atom is -0.362 e. The maximum absolute atomic E-state index is 12.3. The number of H-pyrrole nitrogens is 1. The number of amides is 2. The van der Waals surface area contributed by atoms with Crippen LogP contribution in [0.15, 0.2) is 52.0 Å². The zero-order valence-electron chi connectivity index (χ0n) is 10.9. The first-order valence-corrected chi connectivity index (χ1v) is 7.88. The molecule has 0 unspecified atom stereocenters. The molecule has 0 atom stereocenters. The third-order valence-electron chi connectivity index (χ3n) is 3.07. The summed E-state index contributed by atoms with van der Waals surface area (Å²) in [4.78, 5) is 29.1. The molecule has 21 heavy (non-hydrogen) atoms. The number of hydrogen-bond acceptors (Lipinski definition) is 3. The van der Waals surface area contributed by atoms with Crippen molar-refractivity contribution >= 4 is 44.9 Å². The van der Waals surface area contributed by atoms with Gasteiger partial charge in [0, 0.05) is 16.4 Å². The van der Waals surface area contributed by atoms with Gasteiger partial charge >= 0.3 is 0 Å². The molecule has 1 N–H and O–H groups in total. The molecule has 2 amide bonds.